The lowest BCUT2D eigenvalue weighted by atomic mass is 9.98. The standard InChI is InChI=1S/C12H17ClO/c1-10(7-8-13)9-11-5-3-4-6-12(11)14-2/h3-6,10H,7-9H2,1-2H3. The van der Waals surface area contributed by atoms with Gasteiger partial charge in [0.2, 0.25) is 0 Å². The van der Waals surface area contributed by atoms with Crippen LogP contribution in [0.3, 0.4) is 0 Å². The van der Waals surface area contributed by atoms with E-state index in [-0.39, 0.29) is 0 Å². The Morgan fingerprint density at radius 2 is 2.07 bits per heavy atom. The Morgan fingerprint density at radius 1 is 1.36 bits per heavy atom. The van der Waals surface area contributed by atoms with E-state index in [0.717, 1.165) is 24.5 Å². The molecule has 1 atom stereocenters. The first-order valence-electron chi connectivity index (χ1n) is 4.95. The van der Waals surface area contributed by atoms with Crippen molar-refractivity contribution in [2.75, 3.05) is 13.0 Å². The predicted molar refractivity (Wildman–Crippen MR) is 61.2 cm³/mol. The number of para-hydroxylation sites is 1. The van der Waals surface area contributed by atoms with Crippen LogP contribution in [-0.4, -0.2) is 13.0 Å². The van der Waals surface area contributed by atoms with Gasteiger partial charge in [0.05, 0.1) is 7.11 Å². The second-order valence-electron chi connectivity index (χ2n) is 3.60. The first kappa shape index (κ1) is 11.4. The lowest BCUT2D eigenvalue weighted by Crippen LogP contribution is -2.02. The number of halogens is 1. The summed E-state index contributed by atoms with van der Waals surface area (Å²) >= 11 is 5.71. The third-order valence-electron chi connectivity index (χ3n) is 2.36. The third kappa shape index (κ3) is 3.22. The van der Waals surface area contributed by atoms with Gasteiger partial charge in [0.1, 0.15) is 5.75 Å². The van der Waals surface area contributed by atoms with Crippen molar-refractivity contribution >= 4 is 11.6 Å². The molecule has 0 heterocycles. The minimum absolute atomic E-state index is 0.615. The molecule has 0 amide bonds. The molecule has 14 heavy (non-hydrogen) atoms. The number of ether oxygens (including phenoxy) is 1. The highest BCUT2D eigenvalue weighted by Crippen LogP contribution is 2.22. The Bertz CT molecular complexity index is 273. The molecule has 0 spiro atoms. The van der Waals surface area contributed by atoms with Crippen molar-refractivity contribution in [1.29, 1.82) is 0 Å². The van der Waals surface area contributed by atoms with E-state index >= 15 is 0 Å². The minimum atomic E-state index is 0.615. The van der Waals surface area contributed by atoms with Crippen LogP contribution in [0.5, 0.6) is 5.75 Å². The lowest BCUT2D eigenvalue weighted by Gasteiger charge is -2.12. The summed E-state index contributed by atoms with van der Waals surface area (Å²) in [5.41, 5.74) is 1.27. The van der Waals surface area contributed by atoms with E-state index in [1.165, 1.54) is 5.56 Å². The highest BCUT2D eigenvalue weighted by molar-refractivity contribution is 6.17. The number of benzene rings is 1. The molecule has 1 aromatic rings. The van der Waals surface area contributed by atoms with Gasteiger partial charge in [-0.25, -0.2) is 0 Å². The van der Waals surface area contributed by atoms with Gasteiger partial charge in [0.25, 0.3) is 0 Å². The second-order valence-corrected chi connectivity index (χ2v) is 3.98. The Balaban J connectivity index is 2.65. The Hall–Kier alpha value is -0.690. The van der Waals surface area contributed by atoms with Crippen LogP contribution >= 0.6 is 11.6 Å². The summed E-state index contributed by atoms with van der Waals surface area (Å²) in [6, 6.07) is 8.16. The van der Waals surface area contributed by atoms with Crippen LogP contribution in [0.4, 0.5) is 0 Å². The molecule has 2 heteroatoms. The molecular weight excluding hydrogens is 196 g/mol. The van der Waals surface area contributed by atoms with E-state index in [1.807, 2.05) is 18.2 Å². The zero-order valence-corrected chi connectivity index (χ0v) is 9.55. The molecule has 0 fully saturated rings. The molecule has 0 aliphatic carbocycles. The highest BCUT2D eigenvalue weighted by atomic mass is 35.5. The molecular formula is C12H17ClO. The van der Waals surface area contributed by atoms with Crippen molar-refractivity contribution in [3.05, 3.63) is 29.8 Å². The largest absolute Gasteiger partial charge is 0.496 e. The molecule has 1 nitrogen and oxygen atoms in total. The quantitative estimate of drug-likeness (QED) is 0.679. The molecule has 0 aliphatic rings. The summed E-state index contributed by atoms with van der Waals surface area (Å²) in [4.78, 5) is 0. The minimum Gasteiger partial charge on any atom is -0.496 e. The number of rotatable bonds is 5. The summed E-state index contributed by atoms with van der Waals surface area (Å²) in [5.74, 6) is 2.33. The van der Waals surface area contributed by atoms with Crippen LogP contribution in [0.15, 0.2) is 24.3 Å². The third-order valence-corrected chi connectivity index (χ3v) is 2.58. The van der Waals surface area contributed by atoms with Crippen molar-refractivity contribution in [3.8, 4) is 5.75 Å². The monoisotopic (exact) mass is 212 g/mol. The lowest BCUT2D eigenvalue weighted by molar-refractivity contribution is 0.405. The summed E-state index contributed by atoms with van der Waals surface area (Å²) in [6.45, 7) is 2.22. The van der Waals surface area contributed by atoms with Crippen LogP contribution in [0.25, 0.3) is 0 Å². The maximum atomic E-state index is 5.71. The predicted octanol–water partition coefficient (Wildman–Crippen LogP) is 3.50. The maximum absolute atomic E-state index is 5.71. The first-order chi connectivity index (χ1) is 6.77. The number of alkyl halides is 1. The topological polar surface area (TPSA) is 9.23 Å². The van der Waals surface area contributed by atoms with Crippen LogP contribution in [0.1, 0.15) is 18.9 Å². The van der Waals surface area contributed by atoms with Crippen molar-refractivity contribution in [3.63, 3.8) is 0 Å². The summed E-state index contributed by atoms with van der Waals surface area (Å²) in [6.07, 6.45) is 2.09. The fourth-order valence-corrected chi connectivity index (χ4v) is 1.91. The SMILES string of the molecule is COc1ccccc1CC(C)CCCl. The van der Waals surface area contributed by atoms with Gasteiger partial charge in [-0.3, -0.25) is 0 Å². The van der Waals surface area contributed by atoms with Crippen LogP contribution in [-0.2, 0) is 6.42 Å². The second kappa shape index (κ2) is 5.92. The molecule has 1 aromatic carbocycles. The molecule has 0 radical (unpaired) electrons. The fraction of sp³-hybridized carbons (Fsp3) is 0.500. The molecule has 0 bridgehead atoms. The van der Waals surface area contributed by atoms with E-state index in [4.69, 9.17) is 16.3 Å². The van der Waals surface area contributed by atoms with Gasteiger partial charge in [-0.05, 0) is 30.4 Å². The van der Waals surface area contributed by atoms with Gasteiger partial charge >= 0.3 is 0 Å². The molecule has 0 saturated carbocycles. The average Bonchev–Trinajstić information content (AvgIpc) is 2.19. The average molecular weight is 213 g/mol. The number of methoxy groups -OCH3 is 1. The van der Waals surface area contributed by atoms with E-state index in [0.29, 0.717) is 5.92 Å². The van der Waals surface area contributed by atoms with Gasteiger partial charge in [-0.1, -0.05) is 25.1 Å². The molecule has 0 saturated heterocycles. The van der Waals surface area contributed by atoms with Gasteiger partial charge in [0.15, 0.2) is 0 Å². The normalized spacial score (nSPS) is 12.5. The summed E-state index contributed by atoms with van der Waals surface area (Å²) in [7, 11) is 1.71. The summed E-state index contributed by atoms with van der Waals surface area (Å²) < 4.78 is 5.29. The molecule has 0 aliphatic heterocycles. The molecule has 1 rings (SSSR count). The fourth-order valence-electron chi connectivity index (χ4n) is 1.54. The van der Waals surface area contributed by atoms with Gasteiger partial charge < -0.3 is 4.74 Å². The Kier molecular flexibility index (Phi) is 4.81. The Morgan fingerprint density at radius 3 is 2.71 bits per heavy atom. The van der Waals surface area contributed by atoms with Crippen molar-refractivity contribution < 1.29 is 4.74 Å². The molecule has 0 aromatic heterocycles. The maximum Gasteiger partial charge on any atom is 0.122 e. The molecule has 1 unspecified atom stereocenters. The first-order valence-corrected chi connectivity index (χ1v) is 5.49. The number of hydrogen-bond acceptors (Lipinski definition) is 1. The van der Waals surface area contributed by atoms with Gasteiger partial charge in [-0.15, -0.1) is 11.6 Å². The smallest absolute Gasteiger partial charge is 0.122 e. The van der Waals surface area contributed by atoms with E-state index in [9.17, 15) is 0 Å². The van der Waals surface area contributed by atoms with Gasteiger partial charge in [-0.2, -0.15) is 0 Å². The zero-order chi connectivity index (χ0) is 10.4. The number of hydrogen-bond donors (Lipinski definition) is 0. The van der Waals surface area contributed by atoms with E-state index in [1.54, 1.807) is 7.11 Å². The molecule has 0 N–H and O–H groups in total. The van der Waals surface area contributed by atoms with Crippen molar-refractivity contribution in [2.24, 2.45) is 5.92 Å². The van der Waals surface area contributed by atoms with Crippen molar-refractivity contribution in [2.45, 2.75) is 19.8 Å². The van der Waals surface area contributed by atoms with E-state index in [2.05, 4.69) is 13.0 Å². The van der Waals surface area contributed by atoms with Crippen molar-refractivity contribution in [1.82, 2.24) is 0 Å². The van der Waals surface area contributed by atoms with Crippen LogP contribution in [0.2, 0.25) is 0 Å². The van der Waals surface area contributed by atoms with Gasteiger partial charge in [0, 0.05) is 5.88 Å². The highest BCUT2D eigenvalue weighted by Gasteiger charge is 2.06. The van der Waals surface area contributed by atoms with E-state index < -0.39 is 0 Å². The Labute approximate surface area is 91.0 Å². The van der Waals surface area contributed by atoms with Crippen LogP contribution < -0.4 is 4.74 Å². The summed E-state index contributed by atoms with van der Waals surface area (Å²) in [5, 5.41) is 0. The van der Waals surface area contributed by atoms with Crippen LogP contribution in [0, 0.1) is 5.92 Å². The zero-order valence-electron chi connectivity index (χ0n) is 8.79. The molecule has 78 valence electrons.